The summed E-state index contributed by atoms with van der Waals surface area (Å²) < 4.78 is 0. The van der Waals surface area contributed by atoms with Crippen LogP contribution >= 0.6 is 12.6 Å². The average Bonchev–Trinajstić information content (AvgIpc) is 2.26. The fourth-order valence-corrected chi connectivity index (χ4v) is 2.19. The zero-order chi connectivity index (χ0) is 13.5. The van der Waals surface area contributed by atoms with E-state index < -0.39 is 22.6 Å². The van der Waals surface area contributed by atoms with E-state index in [4.69, 9.17) is 5.11 Å². The molecule has 0 radical (unpaired) electrons. The van der Waals surface area contributed by atoms with Gasteiger partial charge in [0.05, 0.1) is 5.92 Å². The van der Waals surface area contributed by atoms with Gasteiger partial charge >= 0.3 is 5.97 Å². The summed E-state index contributed by atoms with van der Waals surface area (Å²) in [5, 5.41) is 18.8. The fourth-order valence-electron chi connectivity index (χ4n) is 1.85. The summed E-state index contributed by atoms with van der Waals surface area (Å²) in [5.74, 6) is -2.25. The molecule has 0 spiro atoms. The van der Waals surface area contributed by atoms with Crippen molar-refractivity contribution in [2.75, 3.05) is 0 Å². The topological polar surface area (TPSA) is 74.6 Å². The van der Waals surface area contributed by atoms with Crippen LogP contribution in [0.15, 0.2) is 0 Å². The summed E-state index contributed by atoms with van der Waals surface area (Å²) in [4.78, 5) is 22.6. The summed E-state index contributed by atoms with van der Waals surface area (Å²) in [6, 6.07) is 0. The van der Waals surface area contributed by atoms with Crippen LogP contribution in [0.4, 0.5) is 0 Å². The summed E-state index contributed by atoms with van der Waals surface area (Å²) in [6.45, 7) is 3.86. The number of carbonyl (C=O) groups excluding carboxylic acids is 1. The molecule has 0 aromatic carbocycles. The lowest BCUT2D eigenvalue weighted by molar-refractivity contribution is -0.168. The molecule has 0 aliphatic rings. The van der Waals surface area contributed by atoms with Gasteiger partial charge in [0.15, 0.2) is 10.7 Å². The molecule has 0 rings (SSSR count). The number of carboxylic acids is 1. The Balaban J connectivity index is 4.93. The van der Waals surface area contributed by atoms with Gasteiger partial charge < -0.3 is 10.2 Å². The largest absolute Gasteiger partial charge is 0.479 e. The first-order chi connectivity index (χ1) is 7.90. The lowest BCUT2D eigenvalue weighted by Crippen LogP contribution is -2.48. The molecule has 0 heterocycles. The minimum Gasteiger partial charge on any atom is -0.479 e. The first kappa shape index (κ1) is 16.4. The van der Waals surface area contributed by atoms with Gasteiger partial charge in [-0.25, -0.2) is 4.79 Å². The minimum absolute atomic E-state index is 0.0967. The molecular formula is C12H22O4S. The third kappa shape index (κ3) is 4.68. The van der Waals surface area contributed by atoms with Gasteiger partial charge in [0, 0.05) is 0 Å². The summed E-state index contributed by atoms with van der Waals surface area (Å²) in [6.07, 6.45) is 3.37. The first-order valence-electron chi connectivity index (χ1n) is 6.08. The Morgan fingerprint density at radius 1 is 1.24 bits per heavy atom. The predicted molar refractivity (Wildman–Crippen MR) is 69.1 cm³/mol. The van der Waals surface area contributed by atoms with Gasteiger partial charge in [-0.1, -0.05) is 39.5 Å². The molecular weight excluding hydrogens is 240 g/mol. The monoisotopic (exact) mass is 262 g/mol. The maximum absolute atomic E-state index is 11.4. The number of hydrogen-bond donors (Lipinski definition) is 3. The molecule has 100 valence electrons. The van der Waals surface area contributed by atoms with Gasteiger partial charge in [-0.3, -0.25) is 4.79 Å². The SMILES string of the molecule is CCCCC(C(=O)S)C(O)(CCCC)C(=O)O. The summed E-state index contributed by atoms with van der Waals surface area (Å²) in [5.41, 5.74) is -1.97. The predicted octanol–water partition coefficient (Wildman–Crippen LogP) is 2.26. The van der Waals surface area contributed by atoms with E-state index in [2.05, 4.69) is 12.6 Å². The van der Waals surface area contributed by atoms with Crippen LogP contribution in [-0.4, -0.2) is 26.9 Å². The van der Waals surface area contributed by atoms with E-state index in [1.807, 2.05) is 13.8 Å². The third-order valence-corrected chi connectivity index (χ3v) is 3.31. The van der Waals surface area contributed by atoms with Gasteiger partial charge in [-0.2, -0.15) is 0 Å². The maximum Gasteiger partial charge on any atom is 0.336 e. The molecule has 0 fully saturated rings. The number of aliphatic hydroxyl groups is 1. The second-order valence-electron chi connectivity index (χ2n) is 4.37. The van der Waals surface area contributed by atoms with Gasteiger partial charge in [0.2, 0.25) is 0 Å². The average molecular weight is 262 g/mol. The number of thiol groups is 1. The standard InChI is InChI=1S/C12H22O4S/c1-3-5-7-9(10(13)17)12(16,11(14)15)8-6-4-2/h9,16H,3-8H2,1-2H3,(H,13,17)(H,14,15). The maximum atomic E-state index is 11.4. The quantitative estimate of drug-likeness (QED) is 0.557. The van der Waals surface area contributed by atoms with Crippen molar-refractivity contribution in [1.29, 1.82) is 0 Å². The van der Waals surface area contributed by atoms with Crippen molar-refractivity contribution in [3.63, 3.8) is 0 Å². The van der Waals surface area contributed by atoms with Crippen LogP contribution in [0.3, 0.4) is 0 Å². The van der Waals surface area contributed by atoms with Crippen LogP contribution in [0.1, 0.15) is 52.4 Å². The normalized spacial score (nSPS) is 16.2. The second kappa shape index (κ2) is 7.71. The van der Waals surface area contributed by atoms with Crippen LogP contribution in [-0.2, 0) is 9.59 Å². The molecule has 2 unspecified atom stereocenters. The highest BCUT2D eigenvalue weighted by molar-refractivity contribution is 7.96. The lowest BCUT2D eigenvalue weighted by atomic mass is 9.81. The number of rotatable bonds is 9. The molecule has 2 N–H and O–H groups in total. The van der Waals surface area contributed by atoms with E-state index in [9.17, 15) is 14.7 Å². The van der Waals surface area contributed by atoms with Crippen LogP contribution in [0.25, 0.3) is 0 Å². The highest BCUT2D eigenvalue weighted by Crippen LogP contribution is 2.30. The molecule has 0 saturated heterocycles. The number of carboxylic acid groups (broad SMARTS) is 1. The zero-order valence-electron chi connectivity index (χ0n) is 10.5. The Bertz CT molecular complexity index is 267. The van der Waals surface area contributed by atoms with Crippen molar-refractivity contribution in [2.24, 2.45) is 5.92 Å². The van der Waals surface area contributed by atoms with Crippen molar-refractivity contribution >= 4 is 23.7 Å². The van der Waals surface area contributed by atoms with Crippen LogP contribution < -0.4 is 0 Å². The van der Waals surface area contributed by atoms with E-state index in [1.54, 1.807) is 0 Å². The second-order valence-corrected chi connectivity index (χ2v) is 4.81. The Hall–Kier alpha value is -0.550. The summed E-state index contributed by atoms with van der Waals surface area (Å²) >= 11 is 3.71. The molecule has 17 heavy (non-hydrogen) atoms. The van der Waals surface area contributed by atoms with Gasteiger partial charge in [-0.05, 0) is 12.8 Å². The highest BCUT2D eigenvalue weighted by atomic mass is 32.1. The van der Waals surface area contributed by atoms with Crippen molar-refractivity contribution in [3.05, 3.63) is 0 Å². The summed E-state index contributed by atoms with van der Waals surface area (Å²) in [7, 11) is 0. The minimum atomic E-state index is -1.97. The number of carbonyl (C=O) groups is 2. The Labute approximate surface area is 108 Å². The van der Waals surface area contributed by atoms with Gasteiger partial charge in [-0.15, -0.1) is 12.6 Å². The molecule has 0 aromatic rings. The van der Waals surface area contributed by atoms with E-state index in [1.165, 1.54) is 0 Å². The number of hydrogen-bond acceptors (Lipinski definition) is 3. The Kier molecular flexibility index (Phi) is 7.46. The smallest absolute Gasteiger partial charge is 0.336 e. The lowest BCUT2D eigenvalue weighted by Gasteiger charge is -2.30. The zero-order valence-corrected chi connectivity index (χ0v) is 11.4. The van der Waals surface area contributed by atoms with Crippen molar-refractivity contribution in [3.8, 4) is 0 Å². The molecule has 2 atom stereocenters. The molecule has 0 aromatic heterocycles. The van der Waals surface area contributed by atoms with Crippen molar-refractivity contribution in [2.45, 2.75) is 58.0 Å². The van der Waals surface area contributed by atoms with Crippen LogP contribution in [0.5, 0.6) is 0 Å². The van der Waals surface area contributed by atoms with Crippen molar-refractivity contribution in [1.82, 2.24) is 0 Å². The number of aliphatic carboxylic acids is 1. The Morgan fingerprint density at radius 3 is 2.12 bits per heavy atom. The first-order valence-corrected chi connectivity index (χ1v) is 6.53. The van der Waals surface area contributed by atoms with Gasteiger partial charge in [0.25, 0.3) is 0 Å². The van der Waals surface area contributed by atoms with E-state index in [0.29, 0.717) is 19.3 Å². The van der Waals surface area contributed by atoms with E-state index in [0.717, 1.165) is 12.8 Å². The van der Waals surface area contributed by atoms with Crippen LogP contribution in [0.2, 0.25) is 0 Å². The van der Waals surface area contributed by atoms with Gasteiger partial charge in [0.1, 0.15) is 0 Å². The van der Waals surface area contributed by atoms with E-state index >= 15 is 0 Å². The van der Waals surface area contributed by atoms with E-state index in [-0.39, 0.29) is 6.42 Å². The fraction of sp³-hybridized carbons (Fsp3) is 0.833. The molecule has 0 amide bonds. The van der Waals surface area contributed by atoms with Crippen molar-refractivity contribution < 1.29 is 19.8 Å². The molecule has 0 aliphatic carbocycles. The molecule has 0 bridgehead atoms. The molecule has 4 nitrogen and oxygen atoms in total. The number of unbranched alkanes of at least 4 members (excludes halogenated alkanes) is 2. The third-order valence-electron chi connectivity index (χ3n) is 3.00. The Morgan fingerprint density at radius 2 is 1.76 bits per heavy atom. The molecule has 0 aliphatic heterocycles. The van der Waals surface area contributed by atoms with Crippen LogP contribution in [0, 0.1) is 5.92 Å². The highest BCUT2D eigenvalue weighted by Gasteiger charge is 2.45. The molecule has 5 heteroatoms. The molecule has 0 saturated carbocycles.